The van der Waals surface area contributed by atoms with Crippen LogP contribution in [0.5, 0.6) is 0 Å². The molecule has 2 aliphatic heterocycles. The lowest BCUT2D eigenvalue weighted by molar-refractivity contribution is -0.126. The van der Waals surface area contributed by atoms with Crippen LogP contribution in [0, 0.1) is 5.92 Å². The van der Waals surface area contributed by atoms with Gasteiger partial charge in [0, 0.05) is 38.1 Å². The summed E-state index contributed by atoms with van der Waals surface area (Å²) in [6.07, 6.45) is 4.03. The first kappa shape index (κ1) is 18.2. The number of nitrogens with one attached hydrogen (secondary N) is 1. The molecule has 0 radical (unpaired) electrons. The number of nitrogens with zero attached hydrogens (tertiary/aromatic N) is 5. The first-order valence-electron chi connectivity index (χ1n) is 9.98. The van der Waals surface area contributed by atoms with Gasteiger partial charge in [-0.3, -0.25) is 4.79 Å². The molecule has 2 saturated heterocycles. The van der Waals surface area contributed by atoms with Gasteiger partial charge in [-0.15, -0.1) is 15.3 Å². The van der Waals surface area contributed by atoms with E-state index in [0.717, 1.165) is 62.7 Å². The molecule has 2 fully saturated rings. The highest BCUT2D eigenvalue weighted by Crippen LogP contribution is 2.23. The molecule has 8 heteroatoms. The fourth-order valence-corrected chi connectivity index (χ4v) is 3.86. The van der Waals surface area contributed by atoms with Crippen LogP contribution in [-0.2, 0) is 9.53 Å². The number of hydrogen-bond donors (Lipinski definition) is 1. The Labute approximate surface area is 159 Å². The number of carbonyl (C=O) groups excluding carboxylic acids is 1. The van der Waals surface area contributed by atoms with Crippen molar-refractivity contribution >= 4 is 17.4 Å². The number of fused-ring (bicyclic) bond motifs is 1. The van der Waals surface area contributed by atoms with Crippen molar-refractivity contribution in [2.75, 3.05) is 31.1 Å². The van der Waals surface area contributed by atoms with Crippen LogP contribution in [0.1, 0.15) is 51.3 Å². The zero-order valence-electron chi connectivity index (χ0n) is 16.1. The molecule has 4 rings (SSSR count). The summed E-state index contributed by atoms with van der Waals surface area (Å²) in [4.78, 5) is 14.7. The van der Waals surface area contributed by atoms with Gasteiger partial charge in [-0.2, -0.15) is 4.52 Å². The van der Waals surface area contributed by atoms with Gasteiger partial charge >= 0.3 is 0 Å². The number of amides is 1. The van der Waals surface area contributed by atoms with Crippen molar-refractivity contribution in [1.29, 1.82) is 0 Å². The number of ether oxygens (including phenoxy) is 1. The van der Waals surface area contributed by atoms with Gasteiger partial charge in [0.2, 0.25) is 5.91 Å². The zero-order chi connectivity index (χ0) is 18.8. The average molecular weight is 372 g/mol. The second-order valence-electron chi connectivity index (χ2n) is 7.82. The fraction of sp³-hybridized carbons (Fsp3) is 0.684. The second-order valence-corrected chi connectivity index (χ2v) is 7.82. The van der Waals surface area contributed by atoms with E-state index in [1.54, 1.807) is 0 Å². The average Bonchev–Trinajstić information content (AvgIpc) is 3.35. The third-order valence-corrected chi connectivity index (χ3v) is 5.51. The minimum Gasteiger partial charge on any atom is -0.376 e. The third-order valence-electron chi connectivity index (χ3n) is 5.51. The summed E-state index contributed by atoms with van der Waals surface area (Å²) < 4.78 is 7.41. The molecule has 0 bridgehead atoms. The first-order valence-corrected chi connectivity index (χ1v) is 9.98. The fourth-order valence-electron chi connectivity index (χ4n) is 3.86. The minimum absolute atomic E-state index is 0.0764. The van der Waals surface area contributed by atoms with E-state index in [9.17, 15) is 4.79 Å². The van der Waals surface area contributed by atoms with Crippen LogP contribution in [0.4, 0.5) is 5.82 Å². The van der Waals surface area contributed by atoms with E-state index in [2.05, 4.69) is 34.3 Å². The number of carbonyl (C=O) groups is 1. The van der Waals surface area contributed by atoms with Crippen LogP contribution in [0.3, 0.4) is 0 Å². The van der Waals surface area contributed by atoms with Gasteiger partial charge in [-0.25, -0.2) is 0 Å². The maximum Gasteiger partial charge on any atom is 0.223 e. The Kier molecular flexibility index (Phi) is 5.24. The van der Waals surface area contributed by atoms with Crippen molar-refractivity contribution in [3.63, 3.8) is 0 Å². The van der Waals surface area contributed by atoms with Crippen molar-refractivity contribution in [3.8, 4) is 0 Å². The molecule has 0 saturated carbocycles. The molecule has 2 aromatic rings. The topological polar surface area (TPSA) is 84.7 Å². The van der Waals surface area contributed by atoms with E-state index in [-0.39, 0.29) is 23.8 Å². The Morgan fingerprint density at radius 3 is 2.78 bits per heavy atom. The molecule has 2 aromatic heterocycles. The van der Waals surface area contributed by atoms with E-state index >= 15 is 0 Å². The predicted octanol–water partition coefficient (Wildman–Crippen LogP) is 1.76. The molecule has 0 spiro atoms. The van der Waals surface area contributed by atoms with E-state index in [4.69, 9.17) is 9.84 Å². The van der Waals surface area contributed by atoms with Crippen molar-refractivity contribution in [2.45, 2.75) is 51.6 Å². The van der Waals surface area contributed by atoms with Gasteiger partial charge in [0.25, 0.3) is 0 Å². The van der Waals surface area contributed by atoms with Crippen molar-refractivity contribution in [3.05, 3.63) is 18.0 Å². The molecule has 146 valence electrons. The molecule has 1 N–H and O–H groups in total. The SMILES string of the molecule is CC(C)c1nnc2ccc(N3CCC(C(=O)NCC4CCCO4)CC3)nn12. The van der Waals surface area contributed by atoms with Gasteiger partial charge in [0.1, 0.15) is 5.82 Å². The summed E-state index contributed by atoms with van der Waals surface area (Å²) in [5.41, 5.74) is 0.769. The van der Waals surface area contributed by atoms with Crippen LogP contribution in [-0.4, -0.2) is 58.1 Å². The summed E-state index contributed by atoms with van der Waals surface area (Å²) in [6, 6.07) is 3.95. The standard InChI is InChI=1S/C19H28N6O2/c1-13(2)18-22-21-16-5-6-17(23-25(16)18)24-9-7-14(8-10-24)19(26)20-12-15-4-3-11-27-15/h5-6,13-15H,3-4,7-12H2,1-2H3,(H,20,26). The van der Waals surface area contributed by atoms with Crippen LogP contribution >= 0.6 is 0 Å². The van der Waals surface area contributed by atoms with E-state index < -0.39 is 0 Å². The lowest BCUT2D eigenvalue weighted by Crippen LogP contribution is -2.42. The van der Waals surface area contributed by atoms with Crippen LogP contribution in [0.15, 0.2) is 12.1 Å². The Hall–Kier alpha value is -2.22. The first-order chi connectivity index (χ1) is 13.1. The summed E-state index contributed by atoms with van der Waals surface area (Å²) >= 11 is 0. The van der Waals surface area contributed by atoms with Crippen molar-refractivity contribution in [2.24, 2.45) is 5.92 Å². The number of anilines is 1. The Morgan fingerprint density at radius 2 is 2.07 bits per heavy atom. The summed E-state index contributed by atoms with van der Waals surface area (Å²) in [7, 11) is 0. The van der Waals surface area contributed by atoms with Crippen molar-refractivity contribution < 1.29 is 9.53 Å². The van der Waals surface area contributed by atoms with Gasteiger partial charge in [0.15, 0.2) is 11.5 Å². The summed E-state index contributed by atoms with van der Waals surface area (Å²) in [5, 5.41) is 16.2. The lowest BCUT2D eigenvalue weighted by atomic mass is 9.96. The van der Waals surface area contributed by atoms with Crippen LogP contribution in [0.2, 0.25) is 0 Å². The highest BCUT2D eigenvalue weighted by atomic mass is 16.5. The van der Waals surface area contributed by atoms with E-state index in [1.807, 2.05) is 16.6 Å². The molecule has 2 aliphatic rings. The highest BCUT2D eigenvalue weighted by Gasteiger charge is 2.27. The molecule has 0 aliphatic carbocycles. The van der Waals surface area contributed by atoms with Gasteiger partial charge < -0.3 is 15.0 Å². The summed E-state index contributed by atoms with van der Waals surface area (Å²) in [5.74, 6) is 2.29. The highest BCUT2D eigenvalue weighted by molar-refractivity contribution is 5.79. The zero-order valence-corrected chi connectivity index (χ0v) is 16.1. The normalized spacial score (nSPS) is 21.3. The Morgan fingerprint density at radius 1 is 1.26 bits per heavy atom. The van der Waals surface area contributed by atoms with Gasteiger partial charge in [-0.05, 0) is 37.8 Å². The van der Waals surface area contributed by atoms with Crippen LogP contribution in [0.25, 0.3) is 5.65 Å². The molecule has 1 unspecified atom stereocenters. The summed E-state index contributed by atoms with van der Waals surface area (Å²) in [6.45, 7) is 7.30. The quantitative estimate of drug-likeness (QED) is 0.861. The maximum atomic E-state index is 12.4. The lowest BCUT2D eigenvalue weighted by Gasteiger charge is -2.32. The molecule has 0 aromatic carbocycles. The van der Waals surface area contributed by atoms with E-state index in [1.165, 1.54) is 0 Å². The number of piperidine rings is 1. The third kappa shape index (κ3) is 3.90. The molecule has 8 nitrogen and oxygen atoms in total. The number of aromatic nitrogens is 4. The molecular formula is C19H28N6O2. The molecule has 1 amide bonds. The molecule has 1 atom stereocenters. The second kappa shape index (κ2) is 7.80. The Bertz CT molecular complexity index is 791. The molecule has 4 heterocycles. The maximum absolute atomic E-state index is 12.4. The Balaban J connectivity index is 1.35. The largest absolute Gasteiger partial charge is 0.376 e. The molecule has 27 heavy (non-hydrogen) atoms. The number of rotatable bonds is 5. The van der Waals surface area contributed by atoms with Gasteiger partial charge in [-0.1, -0.05) is 13.8 Å². The van der Waals surface area contributed by atoms with E-state index in [0.29, 0.717) is 6.54 Å². The number of hydrogen-bond acceptors (Lipinski definition) is 6. The predicted molar refractivity (Wildman–Crippen MR) is 102 cm³/mol. The monoisotopic (exact) mass is 372 g/mol. The minimum atomic E-state index is 0.0764. The smallest absolute Gasteiger partial charge is 0.223 e. The van der Waals surface area contributed by atoms with Crippen LogP contribution < -0.4 is 10.2 Å². The molecular weight excluding hydrogens is 344 g/mol. The van der Waals surface area contributed by atoms with Gasteiger partial charge in [0.05, 0.1) is 6.10 Å². The van der Waals surface area contributed by atoms with Crippen molar-refractivity contribution in [1.82, 2.24) is 25.1 Å².